The quantitative estimate of drug-likeness (QED) is 0.568. The topological polar surface area (TPSA) is 58.6 Å². The smallest absolute Gasteiger partial charge is 0.313 e. The van der Waals surface area contributed by atoms with Crippen molar-refractivity contribution in [2.24, 2.45) is 11.3 Å². The Morgan fingerprint density at radius 2 is 2.50 bits per heavy atom. The largest absolute Gasteiger partial charge is 0.481 e. The molecule has 2 saturated heterocycles. The minimum absolute atomic E-state index is 0.267. The molecule has 0 aromatic rings. The van der Waals surface area contributed by atoms with Gasteiger partial charge in [-0.25, -0.2) is 0 Å². The van der Waals surface area contributed by atoms with Crippen molar-refractivity contribution in [2.75, 3.05) is 26.3 Å². The highest BCUT2D eigenvalue weighted by atomic mass is 16.5. The van der Waals surface area contributed by atoms with Gasteiger partial charge in [0.25, 0.3) is 0 Å². The molecule has 0 saturated carbocycles. The van der Waals surface area contributed by atoms with Gasteiger partial charge in [0.2, 0.25) is 0 Å². The molecule has 2 rings (SSSR count). The molecule has 2 aliphatic rings. The molecule has 4 heteroatoms. The highest BCUT2D eigenvalue weighted by molar-refractivity contribution is 5.76. The molecule has 0 radical (unpaired) electrons. The van der Waals surface area contributed by atoms with E-state index in [9.17, 15) is 4.79 Å². The summed E-state index contributed by atoms with van der Waals surface area (Å²) >= 11 is 0. The van der Waals surface area contributed by atoms with Gasteiger partial charge in [-0.05, 0) is 18.9 Å². The molecule has 0 spiro atoms. The summed E-state index contributed by atoms with van der Waals surface area (Å²) in [5.41, 5.74) is -0.627. The van der Waals surface area contributed by atoms with Gasteiger partial charge in [-0.2, -0.15) is 0 Å². The van der Waals surface area contributed by atoms with Gasteiger partial charge < -0.3 is 15.2 Å². The maximum atomic E-state index is 11.0. The fourth-order valence-corrected chi connectivity index (χ4v) is 2.15. The number of fused-ring (bicyclic) bond motifs is 1. The van der Waals surface area contributed by atoms with Gasteiger partial charge in [-0.3, -0.25) is 4.79 Å². The van der Waals surface area contributed by atoms with E-state index in [1.54, 1.807) is 0 Å². The van der Waals surface area contributed by atoms with Crippen molar-refractivity contribution in [1.29, 1.82) is 0 Å². The van der Waals surface area contributed by atoms with E-state index in [1.807, 2.05) is 0 Å². The summed E-state index contributed by atoms with van der Waals surface area (Å²) in [5.74, 6) is -0.444. The summed E-state index contributed by atoms with van der Waals surface area (Å²) in [4.78, 5) is 11.0. The first-order valence-corrected chi connectivity index (χ1v) is 4.27. The normalized spacial score (nSPS) is 40.8. The average molecular weight is 171 g/mol. The van der Waals surface area contributed by atoms with Crippen LogP contribution in [0.3, 0.4) is 0 Å². The van der Waals surface area contributed by atoms with Gasteiger partial charge in [0.1, 0.15) is 5.41 Å². The van der Waals surface area contributed by atoms with Crippen LogP contribution in [-0.4, -0.2) is 37.4 Å². The number of hydrogen-bond donors (Lipinski definition) is 2. The summed E-state index contributed by atoms with van der Waals surface area (Å²) in [6.07, 6.45) is 0.874. The first kappa shape index (κ1) is 8.01. The summed E-state index contributed by atoms with van der Waals surface area (Å²) in [6, 6.07) is 0. The minimum Gasteiger partial charge on any atom is -0.481 e. The van der Waals surface area contributed by atoms with Crippen molar-refractivity contribution in [3.8, 4) is 0 Å². The number of carbonyl (C=O) groups is 1. The Morgan fingerprint density at radius 3 is 3.17 bits per heavy atom. The molecule has 2 atom stereocenters. The summed E-state index contributed by atoms with van der Waals surface area (Å²) in [7, 11) is 0. The average Bonchev–Trinajstić information content (AvgIpc) is 2.48. The van der Waals surface area contributed by atoms with Gasteiger partial charge >= 0.3 is 5.97 Å². The fraction of sp³-hybridized carbons (Fsp3) is 0.875. The number of carboxylic acid groups (broad SMARTS) is 1. The highest BCUT2D eigenvalue weighted by Crippen LogP contribution is 2.37. The Bertz CT molecular complexity index is 206. The van der Waals surface area contributed by atoms with E-state index in [4.69, 9.17) is 9.84 Å². The Hall–Kier alpha value is -0.610. The van der Waals surface area contributed by atoms with Crippen LogP contribution in [0.1, 0.15) is 6.42 Å². The monoisotopic (exact) mass is 171 g/mol. The number of ether oxygens (including phenoxy) is 1. The second-order valence-corrected chi connectivity index (χ2v) is 3.63. The Kier molecular flexibility index (Phi) is 1.81. The van der Waals surface area contributed by atoms with Gasteiger partial charge in [0, 0.05) is 13.2 Å². The first-order valence-electron chi connectivity index (χ1n) is 4.27. The molecule has 4 nitrogen and oxygen atoms in total. The Morgan fingerprint density at radius 1 is 1.67 bits per heavy atom. The van der Waals surface area contributed by atoms with Gasteiger partial charge in [0.15, 0.2) is 0 Å². The van der Waals surface area contributed by atoms with Gasteiger partial charge in [-0.15, -0.1) is 0 Å². The molecule has 0 bridgehead atoms. The molecule has 0 aliphatic carbocycles. The van der Waals surface area contributed by atoms with Crippen LogP contribution in [0.4, 0.5) is 0 Å². The fourth-order valence-electron chi connectivity index (χ4n) is 2.15. The van der Waals surface area contributed by atoms with E-state index in [-0.39, 0.29) is 5.92 Å². The molecule has 68 valence electrons. The van der Waals surface area contributed by atoms with E-state index < -0.39 is 11.4 Å². The van der Waals surface area contributed by atoms with Gasteiger partial charge in [-0.1, -0.05) is 0 Å². The van der Waals surface area contributed by atoms with Crippen LogP contribution in [0.15, 0.2) is 0 Å². The number of nitrogens with one attached hydrogen (secondary N) is 1. The number of hydrogen-bond acceptors (Lipinski definition) is 3. The standard InChI is InChI=1S/C8H13NO3/c10-7(11)8-4-9-3-6(8)1-2-12-5-8/h6,9H,1-5H2,(H,10,11)/t6-,8+/m0/s1. The van der Waals surface area contributed by atoms with Gasteiger partial charge in [0.05, 0.1) is 6.61 Å². The molecule has 2 heterocycles. The van der Waals surface area contributed by atoms with E-state index in [0.29, 0.717) is 19.8 Å². The molecule has 2 N–H and O–H groups in total. The third-order valence-electron chi connectivity index (χ3n) is 3.01. The van der Waals surface area contributed by atoms with E-state index in [1.165, 1.54) is 0 Å². The molecule has 0 unspecified atom stereocenters. The van der Waals surface area contributed by atoms with E-state index in [2.05, 4.69) is 5.32 Å². The van der Waals surface area contributed by atoms with Crippen molar-refractivity contribution in [2.45, 2.75) is 6.42 Å². The maximum Gasteiger partial charge on any atom is 0.313 e. The Labute approximate surface area is 70.9 Å². The molecule has 12 heavy (non-hydrogen) atoms. The lowest BCUT2D eigenvalue weighted by Crippen LogP contribution is -2.46. The zero-order chi connectivity index (χ0) is 8.60. The van der Waals surface area contributed by atoms with Crippen LogP contribution in [0.5, 0.6) is 0 Å². The third-order valence-corrected chi connectivity index (χ3v) is 3.01. The van der Waals surface area contributed by atoms with Crippen molar-refractivity contribution >= 4 is 5.97 Å². The predicted octanol–water partition coefficient (Wildman–Crippen LogP) is -0.303. The second kappa shape index (κ2) is 2.71. The summed E-state index contributed by atoms with van der Waals surface area (Å²) in [6.45, 7) is 2.48. The zero-order valence-corrected chi connectivity index (χ0v) is 6.88. The van der Waals surface area contributed by atoms with E-state index >= 15 is 0 Å². The van der Waals surface area contributed by atoms with Crippen LogP contribution < -0.4 is 5.32 Å². The lowest BCUT2D eigenvalue weighted by molar-refractivity contribution is -0.159. The minimum atomic E-state index is -0.711. The zero-order valence-electron chi connectivity index (χ0n) is 6.88. The SMILES string of the molecule is O=C(O)[C@@]12CNC[C@@H]1CCOC2. The number of carboxylic acids is 1. The maximum absolute atomic E-state index is 11.0. The molecular weight excluding hydrogens is 158 g/mol. The number of aliphatic carboxylic acids is 1. The molecular formula is C8H13NO3. The summed E-state index contributed by atoms with van der Waals surface area (Å²) < 4.78 is 5.23. The van der Waals surface area contributed by atoms with E-state index in [0.717, 1.165) is 13.0 Å². The predicted molar refractivity (Wildman–Crippen MR) is 41.9 cm³/mol. The molecule has 2 fully saturated rings. The highest BCUT2D eigenvalue weighted by Gasteiger charge is 2.51. The van der Waals surface area contributed by atoms with Crippen molar-refractivity contribution in [3.05, 3.63) is 0 Å². The van der Waals surface area contributed by atoms with Crippen molar-refractivity contribution in [1.82, 2.24) is 5.32 Å². The molecule has 2 aliphatic heterocycles. The van der Waals surface area contributed by atoms with Crippen LogP contribution in [0.25, 0.3) is 0 Å². The van der Waals surface area contributed by atoms with Crippen molar-refractivity contribution in [3.63, 3.8) is 0 Å². The van der Waals surface area contributed by atoms with Crippen LogP contribution >= 0.6 is 0 Å². The van der Waals surface area contributed by atoms with Crippen LogP contribution in [0.2, 0.25) is 0 Å². The molecule has 0 aromatic heterocycles. The van der Waals surface area contributed by atoms with Crippen LogP contribution in [0, 0.1) is 11.3 Å². The lowest BCUT2D eigenvalue weighted by atomic mass is 9.76. The molecule has 0 aromatic carbocycles. The lowest BCUT2D eigenvalue weighted by Gasteiger charge is -2.34. The van der Waals surface area contributed by atoms with Crippen molar-refractivity contribution < 1.29 is 14.6 Å². The second-order valence-electron chi connectivity index (χ2n) is 3.63. The number of rotatable bonds is 1. The van der Waals surface area contributed by atoms with Crippen LogP contribution in [-0.2, 0) is 9.53 Å². The Balaban J connectivity index is 2.23. The first-order chi connectivity index (χ1) is 5.76. The summed E-state index contributed by atoms with van der Waals surface area (Å²) in [5, 5.41) is 12.2. The third kappa shape index (κ3) is 0.949. The molecule has 0 amide bonds.